The minimum absolute atomic E-state index is 0.366. The van der Waals surface area contributed by atoms with E-state index >= 15 is 0 Å². The van der Waals surface area contributed by atoms with Crippen LogP contribution in [0.15, 0.2) is 12.2 Å². The minimum Gasteiger partial charge on any atom is -0.444 e. The monoisotopic (exact) mass is 268 g/mol. The van der Waals surface area contributed by atoms with E-state index in [1.54, 1.807) is 0 Å². The van der Waals surface area contributed by atoms with Gasteiger partial charge in [0.1, 0.15) is 5.60 Å². The molecule has 0 bridgehead atoms. The van der Waals surface area contributed by atoms with Gasteiger partial charge in [0.15, 0.2) is 0 Å². The van der Waals surface area contributed by atoms with E-state index in [2.05, 4.69) is 23.6 Å². The van der Waals surface area contributed by atoms with Crippen molar-refractivity contribution in [3.05, 3.63) is 12.2 Å². The van der Waals surface area contributed by atoms with Crippen molar-refractivity contribution in [3.8, 4) is 0 Å². The Morgan fingerprint density at radius 3 is 2.53 bits per heavy atom. The van der Waals surface area contributed by atoms with Crippen molar-refractivity contribution in [2.45, 2.75) is 58.6 Å². The highest BCUT2D eigenvalue weighted by atomic mass is 16.6. The van der Waals surface area contributed by atoms with Crippen LogP contribution >= 0.6 is 0 Å². The Bertz CT molecular complexity index is 308. The fraction of sp³-hybridized carbons (Fsp3) is 0.800. The molecule has 2 N–H and O–H groups in total. The molecule has 4 heteroatoms. The lowest BCUT2D eigenvalue weighted by molar-refractivity contribution is 0.0534. The minimum atomic E-state index is -0.437. The van der Waals surface area contributed by atoms with Crippen molar-refractivity contribution in [1.82, 2.24) is 10.6 Å². The third-order valence-corrected chi connectivity index (χ3v) is 3.29. The molecule has 4 nitrogen and oxygen atoms in total. The Hall–Kier alpha value is -1.03. The predicted molar refractivity (Wildman–Crippen MR) is 78.2 cm³/mol. The van der Waals surface area contributed by atoms with Crippen LogP contribution in [0.2, 0.25) is 0 Å². The van der Waals surface area contributed by atoms with Crippen LogP contribution < -0.4 is 10.6 Å². The number of amides is 1. The molecule has 1 saturated carbocycles. The fourth-order valence-corrected chi connectivity index (χ4v) is 2.29. The molecule has 0 aromatic rings. The first kappa shape index (κ1) is 16.0. The van der Waals surface area contributed by atoms with E-state index in [0.717, 1.165) is 12.5 Å². The van der Waals surface area contributed by atoms with E-state index in [0.29, 0.717) is 12.6 Å². The van der Waals surface area contributed by atoms with Gasteiger partial charge in [0, 0.05) is 19.1 Å². The third kappa shape index (κ3) is 7.21. The van der Waals surface area contributed by atoms with E-state index in [4.69, 9.17) is 4.74 Å². The van der Waals surface area contributed by atoms with Crippen molar-refractivity contribution in [1.29, 1.82) is 0 Å². The van der Waals surface area contributed by atoms with E-state index in [9.17, 15) is 4.79 Å². The largest absolute Gasteiger partial charge is 0.444 e. The second-order valence-corrected chi connectivity index (χ2v) is 6.28. The van der Waals surface area contributed by atoms with Crippen LogP contribution in [-0.2, 0) is 4.74 Å². The van der Waals surface area contributed by atoms with Crippen LogP contribution in [-0.4, -0.2) is 30.8 Å². The second kappa shape index (κ2) is 7.53. The van der Waals surface area contributed by atoms with Crippen LogP contribution in [0.4, 0.5) is 4.79 Å². The Morgan fingerprint density at radius 2 is 1.95 bits per heavy atom. The summed E-state index contributed by atoms with van der Waals surface area (Å²) in [6, 6.07) is 0.656. The summed E-state index contributed by atoms with van der Waals surface area (Å²) in [5.74, 6) is 0.785. The smallest absolute Gasteiger partial charge is 0.407 e. The van der Waals surface area contributed by atoms with E-state index in [-0.39, 0.29) is 6.09 Å². The summed E-state index contributed by atoms with van der Waals surface area (Å²) in [5.41, 5.74) is -0.437. The molecular formula is C15H28N2O2. The van der Waals surface area contributed by atoms with Crippen molar-refractivity contribution >= 4 is 6.09 Å². The normalized spacial score (nSPS) is 23.8. The quantitative estimate of drug-likeness (QED) is 0.754. The number of alkyl carbamates (subject to hydrolysis) is 1. The molecule has 0 aromatic heterocycles. The molecule has 1 fully saturated rings. The van der Waals surface area contributed by atoms with Gasteiger partial charge in [-0.1, -0.05) is 25.5 Å². The molecule has 1 aliphatic rings. The average Bonchev–Trinajstić information content (AvgIpc) is 2.67. The molecule has 0 aromatic carbocycles. The van der Waals surface area contributed by atoms with Crippen molar-refractivity contribution in [2.75, 3.05) is 13.1 Å². The van der Waals surface area contributed by atoms with Crippen LogP contribution in [0.1, 0.15) is 47.0 Å². The van der Waals surface area contributed by atoms with Gasteiger partial charge in [0.25, 0.3) is 0 Å². The molecule has 0 aliphatic heterocycles. The summed E-state index contributed by atoms with van der Waals surface area (Å²) in [6.45, 7) is 9.25. The molecule has 0 heterocycles. The summed E-state index contributed by atoms with van der Waals surface area (Å²) in [5, 5.41) is 6.23. The van der Waals surface area contributed by atoms with Gasteiger partial charge in [0.05, 0.1) is 0 Å². The molecule has 1 rings (SSSR count). The number of ether oxygens (including phenoxy) is 1. The molecule has 0 saturated heterocycles. The zero-order chi connectivity index (χ0) is 14.3. The Labute approximate surface area is 117 Å². The molecule has 2 unspecified atom stereocenters. The zero-order valence-corrected chi connectivity index (χ0v) is 12.7. The number of hydrogen-bond donors (Lipinski definition) is 2. The van der Waals surface area contributed by atoms with Gasteiger partial charge >= 0.3 is 6.09 Å². The number of nitrogens with one attached hydrogen (secondary N) is 2. The van der Waals surface area contributed by atoms with Crippen LogP contribution in [0.3, 0.4) is 0 Å². The lowest BCUT2D eigenvalue weighted by atomic mass is 10.1. The molecule has 0 radical (unpaired) electrons. The SMILES string of the molecule is CC1CCCC1NC/C=C/CNC(=O)OC(C)(C)C. The maximum absolute atomic E-state index is 11.4. The maximum Gasteiger partial charge on any atom is 0.407 e. The number of rotatable bonds is 5. The first-order chi connectivity index (χ1) is 8.88. The van der Waals surface area contributed by atoms with Crippen LogP contribution in [0.25, 0.3) is 0 Å². The van der Waals surface area contributed by atoms with E-state index in [1.807, 2.05) is 26.8 Å². The fourth-order valence-electron chi connectivity index (χ4n) is 2.29. The number of carbonyl (C=O) groups is 1. The molecule has 1 aliphatic carbocycles. The van der Waals surface area contributed by atoms with Crippen LogP contribution in [0.5, 0.6) is 0 Å². The van der Waals surface area contributed by atoms with Gasteiger partial charge in [-0.3, -0.25) is 0 Å². The summed E-state index contributed by atoms with van der Waals surface area (Å²) in [6.07, 6.45) is 7.60. The molecule has 110 valence electrons. The van der Waals surface area contributed by atoms with Gasteiger partial charge in [-0.15, -0.1) is 0 Å². The third-order valence-electron chi connectivity index (χ3n) is 3.29. The summed E-state index contributed by atoms with van der Waals surface area (Å²) < 4.78 is 5.14. The van der Waals surface area contributed by atoms with E-state index in [1.165, 1.54) is 19.3 Å². The highest BCUT2D eigenvalue weighted by Crippen LogP contribution is 2.24. The first-order valence-corrected chi connectivity index (χ1v) is 7.24. The Balaban J connectivity index is 2.06. The van der Waals surface area contributed by atoms with Crippen molar-refractivity contribution in [3.63, 3.8) is 0 Å². The van der Waals surface area contributed by atoms with Crippen molar-refractivity contribution < 1.29 is 9.53 Å². The molecule has 19 heavy (non-hydrogen) atoms. The number of carbonyl (C=O) groups excluding carboxylic acids is 1. The van der Waals surface area contributed by atoms with Gasteiger partial charge in [0.2, 0.25) is 0 Å². The Morgan fingerprint density at radius 1 is 1.26 bits per heavy atom. The Kier molecular flexibility index (Phi) is 6.35. The summed E-state index contributed by atoms with van der Waals surface area (Å²) in [7, 11) is 0. The van der Waals surface area contributed by atoms with E-state index < -0.39 is 5.60 Å². The first-order valence-electron chi connectivity index (χ1n) is 7.24. The highest BCUT2D eigenvalue weighted by molar-refractivity contribution is 5.67. The molecular weight excluding hydrogens is 240 g/mol. The van der Waals surface area contributed by atoms with Gasteiger partial charge in [-0.2, -0.15) is 0 Å². The topological polar surface area (TPSA) is 50.4 Å². The lowest BCUT2D eigenvalue weighted by Crippen LogP contribution is -2.33. The standard InChI is InChI=1S/C15H28N2O2/c1-12-8-7-9-13(12)16-10-5-6-11-17-14(18)19-15(2,3)4/h5-6,12-13,16H,7-11H2,1-4H3,(H,17,18)/b6-5+. The average molecular weight is 268 g/mol. The maximum atomic E-state index is 11.4. The van der Waals surface area contributed by atoms with Gasteiger partial charge in [-0.25, -0.2) is 4.79 Å². The summed E-state index contributed by atoms with van der Waals surface area (Å²) >= 11 is 0. The van der Waals surface area contributed by atoms with Gasteiger partial charge < -0.3 is 15.4 Å². The molecule has 2 atom stereocenters. The lowest BCUT2D eigenvalue weighted by Gasteiger charge is -2.19. The van der Waals surface area contributed by atoms with Gasteiger partial charge in [-0.05, 0) is 39.5 Å². The second-order valence-electron chi connectivity index (χ2n) is 6.28. The number of hydrogen-bond acceptors (Lipinski definition) is 3. The zero-order valence-electron chi connectivity index (χ0n) is 12.7. The highest BCUT2D eigenvalue weighted by Gasteiger charge is 2.21. The molecule has 0 spiro atoms. The van der Waals surface area contributed by atoms with Crippen LogP contribution in [0, 0.1) is 5.92 Å². The summed E-state index contributed by atoms with van der Waals surface area (Å²) in [4.78, 5) is 11.4. The predicted octanol–water partition coefficient (Wildman–Crippen LogP) is 2.85. The van der Waals surface area contributed by atoms with Crippen molar-refractivity contribution in [2.24, 2.45) is 5.92 Å². The molecule has 1 amide bonds.